The molecule has 314 valence electrons. The Kier molecular flexibility index (Phi) is 15.3. The van der Waals surface area contributed by atoms with Crippen molar-refractivity contribution in [3.63, 3.8) is 0 Å². The lowest BCUT2D eigenvalue weighted by molar-refractivity contribution is 0.977. The van der Waals surface area contributed by atoms with Crippen LogP contribution in [0, 0.1) is 13.8 Å². The molecule has 1 aromatic heterocycles. The zero-order chi connectivity index (χ0) is 43.4. The van der Waals surface area contributed by atoms with E-state index in [2.05, 4.69) is 218 Å². The molecule has 10 rings (SSSR count). The molecule has 7 aromatic carbocycles. The minimum Gasteiger partial charge on any atom is -0.333 e. The molecule has 2 aliphatic rings. The standard InChI is InChI=1S/C43H32N2.C7H9N.C7H8.CH5N.CH4/c1-30-12-10-14-32(26-30)33-15-11-18-37(27-33)45-41-20-7-6-19-39(41)40-28-34(22-24-42(40)45)35-21-23-38-31(2)13-8-9-25-44(43(38)29-35)36-16-4-3-5-17-36;1-6-4-2-3-5-7(6)8;1-7-5-3-2-4-6-7;1-2;/h3-29H,2H2,1H3;2-5,7H,1,8H2;2-6H,1H3;2H2,1H3;1H4/b13-8-,25-9-;;;;. The highest BCUT2D eigenvalue weighted by Gasteiger charge is 2.18. The van der Waals surface area contributed by atoms with E-state index in [4.69, 9.17) is 5.73 Å². The third kappa shape index (κ3) is 10.5. The molecule has 4 heteroatoms. The Hall–Kier alpha value is -7.50. The number of nitrogens with two attached hydrogens (primary N) is 2. The lowest BCUT2D eigenvalue weighted by atomic mass is 9.96. The molecule has 8 aromatic rings. The Morgan fingerprint density at radius 2 is 1.08 bits per heavy atom. The number of nitrogens with zero attached hydrogens (tertiary/aromatic N) is 2. The number of allylic oxidation sites excluding steroid dienone is 6. The topological polar surface area (TPSA) is 60.2 Å². The summed E-state index contributed by atoms with van der Waals surface area (Å²) in [5.41, 5.74) is 26.3. The number of rotatable bonds is 4. The van der Waals surface area contributed by atoms with E-state index < -0.39 is 0 Å². The number of fused-ring (bicyclic) bond motifs is 4. The fraction of sp³-hybridized carbons (Fsp3) is 0.0847. The number of hydrogen-bond acceptors (Lipinski definition) is 3. The van der Waals surface area contributed by atoms with Crippen LogP contribution in [0.4, 0.5) is 11.4 Å². The van der Waals surface area contributed by atoms with Gasteiger partial charge in [-0.1, -0.05) is 189 Å². The predicted octanol–water partition coefficient (Wildman–Crippen LogP) is 14.9. The van der Waals surface area contributed by atoms with Gasteiger partial charge in [-0.15, -0.1) is 0 Å². The highest BCUT2D eigenvalue weighted by atomic mass is 15.1. The van der Waals surface area contributed by atoms with E-state index in [0.29, 0.717) is 0 Å². The van der Waals surface area contributed by atoms with Crippen molar-refractivity contribution in [2.45, 2.75) is 27.3 Å². The van der Waals surface area contributed by atoms with Crippen LogP contribution in [-0.2, 0) is 0 Å². The first kappa shape index (κ1) is 45.0. The van der Waals surface area contributed by atoms with Crippen molar-refractivity contribution < 1.29 is 0 Å². The van der Waals surface area contributed by atoms with Crippen LogP contribution in [0.5, 0.6) is 0 Å². The lowest BCUT2D eigenvalue weighted by Gasteiger charge is -2.26. The maximum Gasteiger partial charge on any atom is 0.0541 e. The Morgan fingerprint density at radius 3 is 1.76 bits per heavy atom. The molecule has 0 spiro atoms. The highest BCUT2D eigenvalue weighted by Crippen LogP contribution is 2.40. The summed E-state index contributed by atoms with van der Waals surface area (Å²) in [6, 6.07) is 60.7. The van der Waals surface area contributed by atoms with Crippen molar-refractivity contribution in [2.75, 3.05) is 11.9 Å². The number of para-hydroxylation sites is 2. The first-order valence-corrected chi connectivity index (χ1v) is 21.0. The molecule has 0 bridgehead atoms. The molecular formula is C59H58N4. The van der Waals surface area contributed by atoms with Gasteiger partial charge in [-0.3, -0.25) is 0 Å². The van der Waals surface area contributed by atoms with E-state index in [0.717, 1.165) is 33.8 Å². The summed E-state index contributed by atoms with van der Waals surface area (Å²) in [6.45, 7) is 12.3. The summed E-state index contributed by atoms with van der Waals surface area (Å²) >= 11 is 0. The zero-order valence-electron chi connectivity index (χ0n) is 35.8. The average Bonchev–Trinajstić information content (AvgIpc) is 3.64. The van der Waals surface area contributed by atoms with E-state index in [-0.39, 0.29) is 13.5 Å². The normalized spacial score (nSPS) is 14.6. The molecule has 1 atom stereocenters. The van der Waals surface area contributed by atoms with Gasteiger partial charge in [0.05, 0.1) is 16.7 Å². The molecule has 0 amide bonds. The van der Waals surface area contributed by atoms with Gasteiger partial charge in [0.2, 0.25) is 0 Å². The van der Waals surface area contributed by atoms with Gasteiger partial charge >= 0.3 is 0 Å². The summed E-state index contributed by atoms with van der Waals surface area (Å²) in [7, 11) is 1.50. The molecule has 1 aliphatic heterocycles. The highest BCUT2D eigenvalue weighted by molar-refractivity contribution is 6.10. The SMILES string of the molecule is C.C=C1/C=C\C=C/N(c2ccccc2)c2cc(-c3ccc4c(c3)c3ccccc3n4-c3cccc(-c4cccc(C)c4)c3)ccc21.C=C1C=CC=CC1N.CN.Cc1ccccc1. The molecule has 4 N–H and O–H groups in total. The third-order valence-electron chi connectivity index (χ3n) is 10.9. The van der Waals surface area contributed by atoms with E-state index in [9.17, 15) is 0 Å². The summed E-state index contributed by atoms with van der Waals surface area (Å²) in [5.74, 6) is 0. The van der Waals surface area contributed by atoms with Crippen molar-refractivity contribution in [1.29, 1.82) is 0 Å². The predicted molar refractivity (Wildman–Crippen MR) is 276 cm³/mol. The van der Waals surface area contributed by atoms with Gasteiger partial charge in [0.15, 0.2) is 0 Å². The van der Waals surface area contributed by atoms with Gasteiger partial charge in [-0.2, -0.15) is 0 Å². The van der Waals surface area contributed by atoms with Gasteiger partial charge in [-0.25, -0.2) is 0 Å². The average molecular weight is 823 g/mol. The van der Waals surface area contributed by atoms with Crippen molar-refractivity contribution in [1.82, 2.24) is 4.57 Å². The Balaban J connectivity index is 0.000000309. The van der Waals surface area contributed by atoms with Crippen LogP contribution in [0.1, 0.15) is 24.1 Å². The van der Waals surface area contributed by atoms with E-state index in [1.165, 1.54) is 62.2 Å². The number of hydrogen-bond donors (Lipinski definition) is 2. The van der Waals surface area contributed by atoms with Crippen LogP contribution in [0.2, 0.25) is 0 Å². The summed E-state index contributed by atoms with van der Waals surface area (Å²) in [4.78, 5) is 2.25. The van der Waals surface area contributed by atoms with Crippen molar-refractivity contribution in [2.24, 2.45) is 11.5 Å². The fourth-order valence-corrected chi connectivity index (χ4v) is 7.69. The van der Waals surface area contributed by atoms with Crippen LogP contribution < -0.4 is 16.4 Å². The molecule has 63 heavy (non-hydrogen) atoms. The first-order chi connectivity index (χ1) is 30.3. The number of anilines is 2. The van der Waals surface area contributed by atoms with Gasteiger partial charge in [0.1, 0.15) is 0 Å². The second kappa shape index (κ2) is 21.3. The molecule has 0 saturated carbocycles. The second-order valence-electron chi connectivity index (χ2n) is 15.2. The van der Waals surface area contributed by atoms with Crippen molar-refractivity contribution >= 4 is 38.8 Å². The van der Waals surface area contributed by atoms with Crippen LogP contribution >= 0.6 is 0 Å². The largest absolute Gasteiger partial charge is 0.333 e. The Bertz CT molecular complexity index is 2940. The quantitative estimate of drug-likeness (QED) is 0.186. The molecule has 1 aliphatic carbocycles. The Morgan fingerprint density at radius 1 is 0.492 bits per heavy atom. The van der Waals surface area contributed by atoms with Gasteiger partial charge in [-0.05, 0) is 109 Å². The fourth-order valence-electron chi connectivity index (χ4n) is 7.69. The van der Waals surface area contributed by atoms with Gasteiger partial charge in [0.25, 0.3) is 0 Å². The first-order valence-electron chi connectivity index (χ1n) is 21.0. The minimum atomic E-state index is 0. The molecule has 1 unspecified atom stereocenters. The smallest absolute Gasteiger partial charge is 0.0541 e. The maximum atomic E-state index is 5.54. The summed E-state index contributed by atoms with van der Waals surface area (Å²) in [5, 5.41) is 2.48. The van der Waals surface area contributed by atoms with Crippen LogP contribution in [-0.4, -0.2) is 17.7 Å². The number of aryl methyl sites for hydroxylation is 2. The second-order valence-corrected chi connectivity index (χ2v) is 15.2. The van der Waals surface area contributed by atoms with E-state index in [1.807, 2.05) is 42.5 Å². The van der Waals surface area contributed by atoms with Crippen molar-refractivity contribution in [3.05, 3.63) is 254 Å². The molecule has 4 nitrogen and oxygen atoms in total. The van der Waals surface area contributed by atoms with Gasteiger partial charge < -0.3 is 20.9 Å². The van der Waals surface area contributed by atoms with Gasteiger partial charge in [0, 0.05) is 40.0 Å². The monoisotopic (exact) mass is 822 g/mol. The van der Waals surface area contributed by atoms with Crippen LogP contribution in [0.3, 0.4) is 0 Å². The lowest BCUT2D eigenvalue weighted by Crippen LogP contribution is -2.18. The molecule has 2 heterocycles. The molecule has 0 radical (unpaired) electrons. The zero-order valence-corrected chi connectivity index (χ0v) is 35.8. The summed E-state index contributed by atoms with van der Waals surface area (Å²) in [6.07, 6.45) is 16.0. The van der Waals surface area contributed by atoms with E-state index >= 15 is 0 Å². The summed E-state index contributed by atoms with van der Waals surface area (Å²) < 4.78 is 2.40. The van der Waals surface area contributed by atoms with Crippen LogP contribution in [0.15, 0.2) is 237 Å². The number of aromatic nitrogens is 1. The number of benzene rings is 7. The third-order valence-corrected chi connectivity index (χ3v) is 10.9. The molecule has 0 saturated heterocycles. The van der Waals surface area contributed by atoms with E-state index in [1.54, 1.807) is 0 Å². The maximum absolute atomic E-state index is 5.54. The Labute approximate surface area is 374 Å². The van der Waals surface area contributed by atoms with Crippen molar-refractivity contribution in [3.8, 4) is 27.9 Å². The molecular weight excluding hydrogens is 765 g/mol. The minimum absolute atomic E-state index is 0. The van der Waals surface area contributed by atoms with Crippen LogP contribution in [0.25, 0.3) is 55.3 Å². The molecule has 0 fully saturated rings.